The quantitative estimate of drug-likeness (QED) is 0.888. The molecule has 0 radical (unpaired) electrons. The highest BCUT2D eigenvalue weighted by Crippen LogP contribution is 2.19. The van der Waals surface area contributed by atoms with Crippen LogP contribution in [0.15, 0.2) is 34.9 Å². The second kappa shape index (κ2) is 7.67. The second-order valence-corrected chi connectivity index (χ2v) is 5.46. The molecule has 0 saturated heterocycles. The molecule has 6 heteroatoms. The molecule has 1 aromatic carbocycles. The minimum absolute atomic E-state index is 0.121. The number of hydrogen-bond acceptors (Lipinski definition) is 4. The fourth-order valence-corrected chi connectivity index (χ4v) is 2.23. The van der Waals surface area contributed by atoms with E-state index in [1.165, 1.54) is 0 Å². The molecule has 0 aliphatic heterocycles. The monoisotopic (exact) mass is 317 g/mol. The standard InChI is InChI=1S/C17H23N3O3/c1-5-22-16-8-6-7-14(10-16)13(3)18-17(21)20(4)11-15-9-12(2)23-19-15/h6-10,13H,5,11H2,1-4H3,(H,18,21)/t13-/m1/s1. The summed E-state index contributed by atoms with van der Waals surface area (Å²) < 4.78 is 10.5. The molecule has 0 spiro atoms. The lowest BCUT2D eigenvalue weighted by Gasteiger charge is -2.21. The third kappa shape index (κ3) is 4.74. The summed E-state index contributed by atoms with van der Waals surface area (Å²) in [5.74, 6) is 1.53. The van der Waals surface area contributed by atoms with E-state index >= 15 is 0 Å². The van der Waals surface area contributed by atoms with Gasteiger partial charge in [0, 0.05) is 13.1 Å². The van der Waals surface area contributed by atoms with Crippen LogP contribution in [0.3, 0.4) is 0 Å². The Morgan fingerprint density at radius 2 is 2.22 bits per heavy atom. The van der Waals surface area contributed by atoms with E-state index in [0.717, 1.165) is 22.8 Å². The fourth-order valence-electron chi connectivity index (χ4n) is 2.23. The number of nitrogens with zero attached hydrogens (tertiary/aromatic N) is 2. The summed E-state index contributed by atoms with van der Waals surface area (Å²) in [7, 11) is 1.72. The Bertz CT molecular complexity index is 654. The number of benzene rings is 1. The van der Waals surface area contributed by atoms with Crippen LogP contribution in [0.25, 0.3) is 0 Å². The zero-order valence-corrected chi connectivity index (χ0v) is 14.0. The van der Waals surface area contributed by atoms with Gasteiger partial charge in [0.05, 0.1) is 19.2 Å². The number of urea groups is 1. The smallest absolute Gasteiger partial charge is 0.317 e. The molecule has 0 aliphatic carbocycles. The second-order valence-electron chi connectivity index (χ2n) is 5.46. The van der Waals surface area contributed by atoms with E-state index in [-0.39, 0.29) is 12.1 Å². The summed E-state index contributed by atoms with van der Waals surface area (Å²) in [6.07, 6.45) is 0. The van der Waals surface area contributed by atoms with Crippen molar-refractivity contribution in [2.75, 3.05) is 13.7 Å². The molecular weight excluding hydrogens is 294 g/mol. The largest absolute Gasteiger partial charge is 0.494 e. The summed E-state index contributed by atoms with van der Waals surface area (Å²) >= 11 is 0. The summed E-state index contributed by atoms with van der Waals surface area (Å²) in [5.41, 5.74) is 1.72. The van der Waals surface area contributed by atoms with E-state index in [4.69, 9.17) is 9.26 Å². The Balaban J connectivity index is 1.94. The van der Waals surface area contributed by atoms with Crippen molar-refractivity contribution >= 4 is 6.03 Å². The van der Waals surface area contributed by atoms with Gasteiger partial charge >= 0.3 is 6.03 Å². The first-order chi connectivity index (χ1) is 11.0. The van der Waals surface area contributed by atoms with E-state index in [1.807, 2.05) is 51.1 Å². The van der Waals surface area contributed by atoms with E-state index in [0.29, 0.717) is 13.2 Å². The number of carbonyl (C=O) groups excluding carboxylic acids is 1. The third-order valence-corrected chi connectivity index (χ3v) is 3.43. The molecule has 1 N–H and O–H groups in total. The van der Waals surface area contributed by atoms with Gasteiger partial charge in [-0.1, -0.05) is 17.3 Å². The molecule has 0 bridgehead atoms. The molecule has 124 valence electrons. The Morgan fingerprint density at radius 1 is 1.43 bits per heavy atom. The first kappa shape index (κ1) is 16.9. The molecular formula is C17H23N3O3. The van der Waals surface area contributed by atoms with E-state index < -0.39 is 0 Å². The fraction of sp³-hybridized carbons (Fsp3) is 0.412. The normalized spacial score (nSPS) is 11.8. The average Bonchev–Trinajstić information content (AvgIpc) is 2.92. The summed E-state index contributed by atoms with van der Waals surface area (Å²) in [5, 5.41) is 6.86. The van der Waals surface area contributed by atoms with Crippen molar-refractivity contribution in [1.82, 2.24) is 15.4 Å². The van der Waals surface area contributed by atoms with Gasteiger partial charge in [-0.25, -0.2) is 4.79 Å². The van der Waals surface area contributed by atoms with Crippen molar-refractivity contribution in [3.63, 3.8) is 0 Å². The van der Waals surface area contributed by atoms with Crippen LogP contribution in [0.4, 0.5) is 4.79 Å². The highest BCUT2D eigenvalue weighted by atomic mass is 16.5. The van der Waals surface area contributed by atoms with Crippen molar-refractivity contribution in [2.24, 2.45) is 0 Å². The molecule has 1 heterocycles. The van der Waals surface area contributed by atoms with E-state index in [2.05, 4.69) is 10.5 Å². The molecule has 0 aliphatic rings. The van der Waals surface area contributed by atoms with Crippen molar-refractivity contribution in [3.8, 4) is 5.75 Å². The molecule has 6 nitrogen and oxygen atoms in total. The first-order valence-corrected chi connectivity index (χ1v) is 7.66. The lowest BCUT2D eigenvalue weighted by molar-refractivity contribution is 0.202. The van der Waals surface area contributed by atoms with Crippen molar-refractivity contribution < 1.29 is 14.1 Å². The predicted octanol–water partition coefficient (Wildman–Crippen LogP) is 3.28. The lowest BCUT2D eigenvalue weighted by Crippen LogP contribution is -2.38. The zero-order chi connectivity index (χ0) is 16.8. The van der Waals surface area contributed by atoms with Crippen LogP contribution in [-0.4, -0.2) is 29.7 Å². The molecule has 23 heavy (non-hydrogen) atoms. The molecule has 2 aromatic rings. The van der Waals surface area contributed by atoms with Gasteiger partial charge in [-0.2, -0.15) is 0 Å². The number of hydrogen-bond donors (Lipinski definition) is 1. The van der Waals surface area contributed by atoms with Gasteiger partial charge < -0.3 is 19.5 Å². The predicted molar refractivity (Wildman–Crippen MR) is 87.3 cm³/mol. The molecule has 2 amide bonds. The summed E-state index contributed by atoms with van der Waals surface area (Å²) in [4.78, 5) is 13.8. The van der Waals surface area contributed by atoms with E-state index in [1.54, 1.807) is 11.9 Å². The maximum absolute atomic E-state index is 12.3. The SMILES string of the molecule is CCOc1cccc([C@@H](C)NC(=O)N(C)Cc2cc(C)on2)c1. The van der Waals surface area contributed by atoms with Crippen LogP contribution in [0.5, 0.6) is 5.75 Å². The van der Waals surface area contributed by atoms with Gasteiger partial charge in [0.1, 0.15) is 17.2 Å². The van der Waals surface area contributed by atoms with Crippen LogP contribution in [-0.2, 0) is 6.54 Å². The zero-order valence-electron chi connectivity index (χ0n) is 14.0. The van der Waals surface area contributed by atoms with Gasteiger partial charge in [-0.3, -0.25) is 0 Å². The van der Waals surface area contributed by atoms with Gasteiger partial charge in [-0.15, -0.1) is 0 Å². The van der Waals surface area contributed by atoms with Crippen LogP contribution in [0.1, 0.15) is 36.9 Å². The summed E-state index contributed by atoms with van der Waals surface area (Å²) in [6, 6.07) is 9.26. The Labute approximate surface area is 136 Å². The summed E-state index contributed by atoms with van der Waals surface area (Å²) in [6.45, 7) is 6.72. The lowest BCUT2D eigenvalue weighted by atomic mass is 10.1. The minimum Gasteiger partial charge on any atom is -0.494 e. The first-order valence-electron chi connectivity index (χ1n) is 7.66. The van der Waals surface area contributed by atoms with Gasteiger partial charge in [0.2, 0.25) is 0 Å². The molecule has 1 aromatic heterocycles. The van der Waals surface area contributed by atoms with Gasteiger partial charge in [0.25, 0.3) is 0 Å². The number of rotatable bonds is 6. The highest BCUT2D eigenvalue weighted by molar-refractivity contribution is 5.74. The Hall–Kier alpha value is -2.50. The maximum Gasteiger partial charge on any atom is 0.317 e. The number of nitrogens with one attached hydrogen (secondary N) is 1. The Kier molecular flexibility index (Phi) is 5.62. The molecule has 1 atom stereocenters. The van der Waals surface area contributed by atoms with Crippen LogP contribution in [0, 0.1) is 6.92 Å². The number of ether oxygens (including phenoxy) is 1. The van der Waals surface area contributed by atoms with E-state index in [9.17, 15) is 4.79 Å². The molecule has 0 fully saturated rings. The van der Waals surface area contributed by atoms with Crippen molar-refractivity contribution in [1.29, 1.82) is 0 Å². The van der Waals surface area contributed by atoms with Crippen LogP contribution >= 0.6 is 0 Å². The minimum atomic E-state index is -0.167. The number of amides is 2. The third-order valence-electron chi connectivity index (χ3n) is 3.43. The molecule has 2 rings (SSSR count). The van der Waals surface area contributed by atoms with Crippen LogP contribution in [0.2, 0.25) is 0 Å². The maximum atomic E-state index is 12.3. The number of aryl methyl sites for hydroxylation is 1. The van der Waals surface area contributed by atoms with Crippen molar-refractivity contribution in [2.45, 2.75) is 33.4 Å². The number of carbonyl (C=O) groups is 1. The average molecular weight is 317 g/mol. The number of aromatic nitrogens is 1. The Morgan fingerprint density at radius 3 is 2.87 bits per heavy atom. The van der Waals surface area contributed by atoms with Gasteiger partial charge in [0.15, 0.2) is 0 Å². The van der Waals surface area contributed by atoms with Crippen LogP contribution < -0.4 is 10.1 Å². The highest BCUT2D eigenvalue weighted by Gasteiger charge is 2.15. The molecule has 0 saturated carbocycles. The topological polar surface area (TPSA) is 67.6 Å². The molecule has 0 unspecified atom stereocenters. The van der Waals surface area contributed by atoms with Gasteiger partial charge in [-0.05, 0) is 38.5 Å². The van der Waals surface area contributed by atoms with Crippen molar-refractivity contribution in [3.05, 3.63) is 47.3 Å².